The first-order chi connectivity index (χ1) is 9.99. The van der Waals surface area contributed by atoms with Gasteiger partial charge in [0, 0.05) is 5.69 Å². The van der Waals surface area contributed by atoms with Gasteiger partial charge in [0.2, 0.25) is 0 Å². The molecule has 21 heavy (non-hydrogen) atoms. The normalized spacial score (nSPS) is 12.8. The van der Waals surface area contributed by atoms with Gasteiger partial charge in [-0.15, -0.1) is 11.6 Å². The Morgan fingerprint density at radius 2 is 1.86 bits per heavy atom. The number of benzene rings is 1. The lowest BCUT2D eigenvalue weighted by atomic mass is 10.3. The van der Waals surface area contributed by atoms with Crippen LogP contribution in [0.3, 0.4) is 0 Å². The molecule has 0 aliphatic rings. The van der Waals surface area contributed by atoms with Gasteiger partial charge in [0.25, 0.3) is 0 Å². The van der Waals surface area contributed by atoms with Crippen LogP contribution in [0.4, 0.5) is 0 Å². The van der Waals surface area contributed by atoms with Crippen molar-refractivity contribution in [3.63, 3.8) is 0 Å². The van der Waals surface area contributed by atoms with Crippen LogP contribution in [0.1, 0.15) is 23.8 Å². The van der Waals surface area contributed by atoms with E-state index in [2.05, 4.69) is 9.97 Å². The van der Waals surface area contributed by atoms with E-state index in [1.807, 2.05) is 42.7 Å². The van der Waals surface area contributed by atoms with E-state index in [-0.39, 0.29) is 5.38 Å². The zero-order valence-corrected chi connectivity index (χ0v) is 13.7. The van der Waals surface area contributed by atoms with Gasteiger partial charge in [-0.25, -0.2) is 9.97 Å². The van der Waals surface area contributed by atoms with Gasteiger partial charge in [0.15, 0.2) is 5.65 Å². The minimum atomic E-state index is -0.283. The summed E-state index contributed by atoms with van der Waals surface area (Å²) in [7, 11) is 0. The van der Waals surface area contributed by atoms with E-state index < -0.39 is 0 Å². The molecule has 0 saturated heterocycles. The van der Waals surface area contributed by atoms with Crippen molar-refractivity contribution in [1.29, 1.82) is 0 Å². The fraction of sp³-hybridized carbons (Fsp3) is 0.200. The van der Waals surface area contributed by atoms with Crippen molar-refractivity contribution >= 4 is 46.0 Å². The van der Waals surface area contributed by atoms with Gasteiger partial charge in [0.1, 0.15) is 11.3 Å². The zero-order chi connectivity index (χ0) is 15.1. The Morgan fingerprint density at radius 1 is 1.10 bits per heavy atom. The van der Waals surface area contributed by atoms with Gasteiger partial charge in [-0.2, -0.15) is 0 Å². The van der Waals surface area contributed by atoms with Crippen molar-refractivity contribution in [3.05, 3.63) is 51.9 Å². The molecule has 3 aromatic rings. The van der Waals surface area contributed by atoms with E-state index in [0.29, 0.717) is 15.9 Å². The number of imidazole rings is 1. The number of nitrogens with zero attached hydrogens (tertiary/aromatic N) is 3. The van der Waals surface area contributed by atoms with Crippen molar-refractivity contribution in [1.82, 2.24) is 14.5 Å². The molecule has 108 valence electrons. The van der Waals surface area contributed by atoms with E-state index in [1.165, 1.54) is 0 Å². The molecule has 0 amide bonds. The second-order valence-electron chi connectivity index (χ2n) is 4.79. The SMILES string of the molecule is Cc1ccc2nc(C(C)Cl)n(-c3cccc(Cl)c3Cl)c2n1. The standard InChI is InChI=1S/C15H12Cl3N3/c1-8-6-7-11-15(19-8)21(14(20-11)9(2)16)12-5-3-4-10(17)13(12)18/h3-7,9H,1-2H3. The predicted octanol–water partition coefficient (Wildman–Crippen LogP) is 5.34. The van der Waals surface area contributed by atoms with E-state index in [4.69, 9.17) is 34.8 Å². The third-order valence-electron chi connectivity index (χ3n) is 3.20. The monoisotopic (exact) mass is 339 g/mol. The summed E-state index contributed by atoms with van der Waals surface area (Å²) in [4.78, 5) is 9.13. The lowest BCUT2D eigenvalue weighted by molar-refractivity contribution is 0.876. The highest BCUT2D eigenvalue weighted by atomic mass is 35.5. The number of hydrogen-bond donors (Lipinski definition) is 0. The number of rotatable bonds is 2. The molecule has 0 saturated carbocycles. The molecular formula is C15H12Cl3N3. The molecule has 2 aromatic heterocycles. The van der Waals surface area contributed by atoms with Crippen LogP contribution in [0.25, 0.3) is 16.9 Å². The number of alkyl halides is 1. The number of pyridine rings is 1. The Balaban J connectivity index is 2.41. The summed E-state index contributed by atoms with van der Waals surface area (Å²) in [5, 5.41) is 0.659. The van der Waals surface area contributed by atoms with Crippen molar-refractivity contribution in [2.45, 2.75) is 19.2 Å². The van der Waals surface area contributed by atoms with Crippen molar-refractivity contribution in [2.24, 2.45) is 0 Å². The second kappa shape index (κ2) is 5.48. The first-order valence-corrected chi connectivity index (χ1v) is 7.62. The summed E-state index contributed by atoms with van der Waals surface area (Å²) in [5.41, 5.74) is 3.13. The third-order valence-corrected chi connectivity index (χ3v) is 4.20. The van der Waals surface area contributed by atoms with Gasteiger partial charge in [-0.05, 0) is 38.1 Å². The van der Waals surface area contributed by atoms with Crippen molar-refractivity contribution in [2.75, 3.05) is 0 Å². The molecule has 0 bridgehead atoms. The average molecular weight is 341 g/mol. The maximum absolute atomic E-state index is 6.35. The quantitative estimate of drug-likeness (QED) is 0.590. The topological polar surface area (TPSA) is 30.7 Å². The van der Waals surface area contributed by atoms with E-state index in [0.717, 1.165) is 22.5 Å². The molecule has 1 atom stereocenters. The molecular weight excluding hydrogens is 329 g/mol. The summed E-state index contributed by atoms with van der Waals surface area (Å²) >= 11 is 18.8. The second-order valence-corrected chi connectivity index (χ2v) is 6.23. The third kappa shape index (κ3) is 2.50. The van der Waals surface area contributed by atoms with Crippen LogP contribution < -0.4 is 0 Å². The van der Waals surface area contributed by atoms with Crippen molar-refractivity contribution in [3.8, 4) is 5.69 Å². The van der Waals surface area contributed by atoms with Gasteiger partial charge >= 0.3 is 0 Å². The Hall–Kier alpha value is -1.29. The minimum Gasteiger partial charge on any atom is -0.278 e. The summed E-state index contributed by atoms with van der Waals surface area (Å²) in [6.45, 7) is 3.80. The first kappa shape index (κ1) is 14.6. The summed E-state index contributed by atoms with van der Waals surface area (Å²) in [6, 6.07) is 9.31. The van der Waals surface area contributed by atoms with Gasteiger partial charge in [-0.1, -0.05) is 29.3 Å². The number of halogens is 3. The molecule has 0 aliphatic heterocycles. The lowest BCUT2D eigenvalue weighted by Gasteiger charge is -2.12. The average Bonchev–Trinajstić information content (AvgIpc) is 2.80. The van der Waals surface area contributed by atoms with Crippen LogP contribution in [0.2, 0.25) is 10.0 Å². The molecule has 1 aromatic carbocycles. The van der Waals surface area contributed by atoms with Crippen LogP contribution >= 0.6 is 34.8 Å². The Morgan fingerprint density at radius 3 is 2.57 bits per heavy atom. The molecule has 1 unspecified atom stereocenters. The Labute approximate surface area is 137 Å². The van der Waals surface area contributed by atoms with E-state index in [9.17, 15) is 0 Å². The van der Waals surface area contributed by atoms with E-state index >= 15 is 0 Å². The van der Waals surface area contributed by atoms with Crippen LogP contribution in [-0.2, 0) is 0 Å². The largest absolute Gasteiger partial charge is 0.278 e. The fourth-order valence-corrected chi connectivity index (χ4v) is 2.77. The number of aryl methyl sites for hydroxylation is 1. The Kier molecular flexibility index (Phi) is 3.82. The van der Waals surface area contributed by atoms with Gasteiger partial charge in [-0.3, -0.25) is 4.57 Å². The predicted molar refractivity (Wildman–Crippen MR) is 87.9 cm³/mol. The maximum Gasteiger partial charge on any atom is 0.165 e. The number of aromatic nitrogens is 3. The highest BCUT2D eigenvalue weighted by molar-refractivity contribution is 6.43. The molecule has 3 rings (SSSR count). The van der Waals surface area contributed by atoms with E-state index in [1.54, 1.807) is 6.07 Å². The Bertz CT molecular complexity index is 824. The van der Waals surface area contributed by atoms with Crippen LogP contribution in [-0.4, -0.2) is 14.5 Å². The van der Waals surface area contributed by atoms with Gasteiger partial charge in [0.05, 0.1) is 21.1 Å². The molecule has 0 N–H and O–H groups in total. The molecule has 2 heterocycles. The van der Waals surface area contributed by atoms with Crippen molar-refractivity contribution < 1.29 is 0 Å². The molecule has 0 spiro atoms. The molecule has 0 radical (unpaired) electrons. The summed E-state index contributed by atoms with van der Waals surface area (Å²) in [5.74, 6) is 0.689. The highest BCUT2D eigenvalue weighted by Crippen LogP contribution is 2.34. The first-order valence-electron chi connectivity index (χ1n) is 6.43. The lowest BCUT2D eigenvalue weighted by Crippen LogP contribution is -2.04. The molecule has 6 heteroatoms. The minimum absolute atomic E-state index is 0.283. The molecule has 3 nitrogen and oxygen atoms in total. The number of hydrogen-bond acceptors (Lipinski definition) is 2. The van der Waals surface area contributed by atoms with Crippen LogP contribution in [0.5, 0.6) is 0 Å². The van der Waals surface area contributed by atoms with Crippen LogP contribution in [0, 0.1) is 6.92 Å². The fourth-order valence-electron chi connectivity index (χ4n) is 2.24. The smallest absolute Gasteiger partial charge is 0.165 e. The van der Waals surface area contributed by atoms with Crippen LogP contribution in [0.15, 0.2) is 30.3 Å². The summed E-state index contributed by atoms with van der Waals surface area (Å²) < 4.78 is 1.87. The number of fused-ring (bicyclic) bond motifs is 1. The van der Waals surface area contributed by atoms with Gasteiger partial charge < -0.3 is 0 Å². The zero-order valence-electron chi connectivity index (χ0n) is 11.4. The summed E-state index contributed by atoms with van der Waals surface area (Å²) in [6.07, 6.45) is 0. The highest BCUT2D eigenvalue weighted by Gasteiger charge is 2.19. The molecule has 0 aliphatic carbocycles. The maximum atomic E-state index is 6.35. The molecule has 0 fully saturated rings.